The van der Waals surface area contributed by atoms with Crippen molar-refractivity contribution in [3.8, 4) is 5.75 Å². The number of hydrogen-bond acceptors (Lipinski definition) is 6. The molecule has 0 aliphatic rings. The third kappa shape index (κ3) is 3.91. The van der Waals surface area contributed by atoms with Crippen molar-refractivity contribution in [2.45, 2.75) is 18.7 Å². The van der Waals surface area contributed by atoms with Gasteiger partial charge in [-0.1, -0.05) is 30.3 Å². The highest BCUT2D eigenvalue weighted by Gasteiger charge is 2.29. The summed E-state index contributed by atoms with van der Waals surface area (Å²) in [6.07, 6.45) is 0. The summed E-state index contributed by atoms with van der Waals surface area (Å²) < 4.78 is 40.2. The van der Waals surface area contributed by atoms with E-state index in [0.717, 1.165) is 11.3 Å². The van der Waals surface area contributed by atoms with Crippen LogP contribution in [0.4, 0.5) is 5.69 Å². The van der Waals surface area contributed by atoms with Crippen LogP contribution in [0.1, 0.15) is 23.5 Å². The van der Waals surface area contributed by atoms with Crippen LogP contribution in [0, 0.1) is 0 Å². The number of sulfonamides is 1. The normalized spacial score (nSPS) is 11.3. The Labute approximate surface area is 161 Å². The molecule has 0 bridgehead atoms. The molecule has 0 amide bonds. The number of carbonyl (C=O) groups excluding carboxylic acids is 1. The Morgan fingerprint density at radius 2 is 1.74 bits per heavy atom. The van der Waals surface area contributed by atoms with Crippen molar-refractivity contribution in [1.29, 1.82) is 0 Å². The van der Waals surface area contributed by atoms with Gasteiger partial charge in [-0.2, -0.15) is 0 Å². The van der Waals surface area contributed by atoms with Gasteiger partial charge >= 0.3 is 5.97 Å². The molecule has 2 aromatic carbocycles. The standard InChI is InChI=1S/C19H19NO5S2/c1-3-24-15-11-7-6-10-14(15)20-27(22,23)18-13-9-5-8-12-16(13)26-17(18)19(21)25-4-2/h5-12,20H,3-4H2,1-2H3. The molecule has 6 nitrogen and oxygen atoms in total. The number of esters is 1. The minimum Gasteiger partial charge on any atom is -0.492 e. The van der Waals surface area contributed by atoms with Crippen molar-refractivity contribution in [1.82, 2.24) is 0 Å². The summed E-state index contributed by atoms with van der Waals surface area (Å²) in [6.45, 7) is 4.05. The third-order valence-electron chi connectivity index (χ3n) is 3.71. The molecule has 0 fully saturated rings. The van der Waals surface area contributed by atoms with E-state index in [2.05, 4.69) is 4.72 Å². The van der Waals surface area contributed by atoms with Gasteiger partial charge in [0.25, 0.3) is 10.0 Å². The Balaban J connectivity index is 2.13. The first kappa shape index (κ1) is 19.2. The van der Waals surface area contributed by atoms with Gasteiger partial charge in [0.2, 0.25) is 0 Å². The molecule has 0 aliphatic carbocycles. The Bertz CT molecular complexity index is 1070. The number of ether oxygens (including phenoxy) is 2. The van der Waals surface area contributed by atoms with Crippen molar-refractivity contribution in [2.75, 3.05) is 17.9 Å². The SMILES string of the molecule is CCOC(=O)c1sc2ccccc2c1S(=O)(=O)Nc1ccccc1OCC. The molecule has 0 atom stereocenters. The Hall–Kier alpha value is -2.58. The van der Waals surface area contributed by atoms with Crippen LogP contribution in [-0.4, -0.2) is 27.6 Å². The second-order valence-electron chi connectivity index (χ2n) is 5.51. The predicted octanol–water partition coefficient (Wildman–Crippen LogP) is 4.28. The fourth-order valence-electron chi connectivity index (χ4n) is 2.65. The van der Waals surface area contributed by atoms with Crippen LogP contribution in [-0.2, 0) is 14.8 Å². The molecule has 1 heterocycles. The Morgan fingerprint density at radius 3 is 2.48 bits per heavy atom. The molecule has 3 aromatic rings. The zero-order chi connectivity index (χ0) is 19.4. The van der Waals surface area contributed by atoms with Gasteiger partial charge < -0.3 is 9.47 Å². The van der Waals surface area contributed by atoms with Gasteiger partial charge in [0.1, 0.15) is 15.5 Å². The largest absolute Gasteiger partial charge is 0.492 e. The van der Waals surface area contributed by atoms with Crippen LogP contribution in [0.5, 0.6) is 5.75 Å². The maximum absolute atomic E-state index is 13.2. The van der Waals surface area contributed by atoms with Gasteiger partial charge in [-0.15, -0.1) is 11.3 Å². The van der Waals surface area contributed by atoms with Crippen LogP contribution in [0.2, 0.25) is 0 Å². The topological polar surface area (TPSA) is 81.7 Å². The number of nitrogens with one attached hydrogen (secondary N) is 1. The number of fused-ring (bicyclic) bond motifs is 1. The molecular weight excluding hydrogens is 386 g/mol. The molecule has 8 heteroatoms. The average molecular weight is 405 g/mol. The van der Waals surface area contributed by atoms with Gasteiger partial charge in [-0.05, 0) is 32.0 Å². The number of carbonyl (C=O) groups is 1. The molecule has 142 valence electrons. The first-order valence-electron chi connectivity index (χ1n) is 8.41. The van der Waals surface area contributed by atoms with Crippen molar-refractivity contribution < 1.29 is 22.7 Å². The summed E-state index contributed by atoms with van der Waals surface area (Å²) in [5.41, 5.74) is 0.310. The second kappa shape index (κ2) is 7.98. The molecule has 1 N–H and O–H groups in total. The molecule has 0 saturated carbocycles. The van der Waals surface area contributed by atoms with E-state index >= 15 is 0 Å². The van der Waals surface area contributed by atoms with E-state index < -0.39 is 16.0 Å². The number of para-hydroxylation sites is 2. The number of rotatable bonds is 7. The second-order valence-corrected chi connectivity index (χ2v) is 8.18. The van der Waals surface area contributed by atoms with E-state index in [-0.39, 0.29) is 16.4 Å². The summed E-state index contributed by atoms with van der Waals surface area (Å²) in [4.78, 5) is 12.4. The fourth-order valence-corrected chi connectivity index (χ4v) is 5.51. The lowest BCUT2D eigenvalue weighted by Crippen LogP contribution is -2.17. The highest BCUT2D eigenvalue weighted by atomic mass is 32.2. The summed E-state index contributed by atoms with van der Waals surface area (Å²) in [7, 11) is -4.05. The summed E-state index contributed by atoms with van der Waals surface area (Å²) in [6, 6.07) is 13.7. The maximum atomic E-state index is 13.2. The van der Waals surface area contributed by atoms with E-state index in [1.807, 2.05) is 6.92 Å². The number of anilines is 1. The molecular formula is C19H19NO5S2. The first-order valence-corrected chi connectivity index (χ1v) is 10.7. The molecule has 27 heavy (non-hydrogen) atoms. The molecule has 3 rings (SSSR count). The van der Waals surface area contributed by atoms with E-state index in [4.69, 9.17) is 9.47 Å². The lowest BCUT2D eigenvalue weighted by molar-refractivity contribution is 0.0528. The highest BCUT2D eigenvalue weighted by Crippen LogP contribution is 2.37. The van der Waals surface area contributed by atoms with Crippen LogP contribution < -0.4 is 9.46 Å². The quantitative estimate of drug-likeness (QED) is 0.594. The maximum Gasteiger partial charge on any atom is 0.349 e. The van der Waals surface area contributed by atoms with Gasteiger partial charge in [0.15, 0.2) is 0 Å². The van der Waals surface area contributed by atoms with E-state index in [0.29, 0.717) is 28.1 Å². The number of benzene rings is 2. The van der Waals surface area contributed by atoms with Crippen LogP contribution >= 0.6 is 11.3 Å². The van der Waals surface area contributed by atoms with Gasteiger partial charge in [0.05, 0.1) is 18.9 Å². The van der Waals surface area contributed by atoms with Gasteiger partial charge in [-0.3, -0.25) is 4.72 Å². The summed E-state index contributed by atoms with van der Waals surface area (Å²) in [5, 5.41) is 0.479. The summed E-state index contributed by atoms with van der Waals surface area (Å²) >= 11 is 1.10. The zero-order valence-electron chi connectivity index (χ0n) is 14.9. The fraction of sp³-hybridized carbons (Fsp3) is 0.211. The van der Waals surface area contributed by atoms with E-state index in [9.17, 15) is 13.2 Å². The molecule has 0 saturated heterocycles. The number of thiophene rings is 1. The molecule has 0 radical (unpaired) electrons. The Kier molecular flexibility index (Phi) is 5.67. The van der Waals surface area contributed by atoms with Crippen molar-refractivity contribution in [2.24, 2.45) is 0 Å². The smallest absolute Gasteiger partial charge is 0.349 e. The zero-order valence-corrected chi connectivity index (χ0v) is 16.5. The lowest BCUT2D eigenvalue weighted by atomic mass is 10.2. The minimum atomic E-state index is -4.05. The van der Waals surface area contributed by atoms with Gasteiger partial charge in [0, 0.05) is 10.1 Å². The summed E-state index contributed by atoms with van der Waals surface area (Å²) in [5.74, 6) is -0.238. The monoisotopic (exact) mass is 405 g/mol. The lowest BCUT2D eigenvalue weighted by Gasteiger charge is -2.13. The van der Waals surface area contributed by atoms with E-state index in [1.165, 1.54) is 0 Å². The van der Waals surface area contributed by atoms with Crippen molar-refractivity contribution >= 4 is 43.1 Å². The third-order valence-corrected chi connectivity index (χ3v) is 6.44. The first-order chi connectivity index (χ1) is 13.0. The van der Waals surface area contributed by atoms with Crippen molar-refractivity contribution in [3.63, 3.8) is 0 Å². The van der Waals surface area contributed by atoms with Crippen LogP contribution in [0.25, 0.3) is 10.1 Å². The highest BCUT2D eigenvalue weighted by molar-refractivity contribution is 7.93. The van der Waals surface area contributed by atoms with E-state index in [1.54, 1.807) is 55.5 Å². The molecule has 0 aliphatic heterocycles. The predicted molar refractivity (Wildman–Crippen MR) is 106 cm³/mol. The van der Waals surface area contributed by atoms with Crippen LogP contribution in [0.3, 0.4) is 0 Å². The molecule has 0 spiro atoms. The number of hydrogen-bond donors (Lipinski definition) is 1. The minimum absolute atomic E-state index is 0.0550. The average Bonchev–Trinajstić information content (AvgIpc) is 3.04. The van der Waals surface area contributed by atoms with Crippen molar-refractivity contribution in [3.05, 3.63) is 53.4 Å². The van der Waals surface area contributed by atoms with Gasteiger partial charge in [-0.25, -0.2) is 13.2 Å². The Morgan fingerprint density at radius 1 is 1.04 bits per heavy atom. The van der Waals surface area contributed by atoms with Crippen LogP contribution in [0.15, 0.2) is 53.4 Å². The molecule has 0 unspecified atom stereocenters. The molecule has 1 aromatic heterocycles.